The van der Waals surface area contributed by atoms with Gasteiger partial charge in [0.1, 0.15) is 0 Å². The summed E-state index contributed by atoms with van der Waals surface area (Å²) >= 11 is 12.0. The maximum Gasteiger partial charge on any atom is 0.244 e. The van der Waals surface area contributed by atoms with Crippen LogP contribution in [0, 0.1) is 5.92 Å². The zero-order chi connectivity index (χ0) is 18.8. The number of carbonyl (C=O) groups is 2. The van der Waals surface area contributed by atoms with Crippen molar-refractivity contribution < 1.29 is 14.3 Å². The molecule has 0 heterocycles. The fourth-order valence-corrected chi connectivity index (χ4v) is 2.49. The van der Waals surface area contributed by atoms with Gasteiger partial charge in [-0.05, 0) is 30.5 Å². The monoisotopic (exact) mass is 388 g/mol. The van der Waals surface area contributed by atoms with Gasteiger partial charge >= 0.3 is 0 Å². The highest BCUT2D eigenvalue weighted by Gasteiger charge is 2.17. The first-order chi connectivity index (χ1) is 11.8. The van der Waals surface area contributed by atoms with Gasteiger partial charge < -0.3 is 15.0 Å². The second-order valence-corrected chi connectivity index (χ2v) is 7.05. The zero-order valence-electron chi connectivity index (χ0n) is 15.0. The fraction of sp³-hybridized carbons (Fsp3) is 0.556. The van der Waals surface area contributed by atoms with Gasteiger partial charge in [-0.3, -0.25) is 9.59 Å². The molecule has 1 N–H and O–H groups in total. The van der Waals surface area contributed by atoms with Crippen LogP contribution in [0.2, 0.25) is 10.0 Å². The van der Waals surface area contributed by atoms with Crippen molar-refractivity contribution >= 4 is 40.7 Å². The zero-order valence-corrected chi connectivity index (χ0v) is 16.5. The molecule has 0 spiro atoms. The molecule has 0 fully saturated rings. The molecule has 140 valence electrons. The van der Waals surface area contributed by atoms with Crippen molar-refractivity contribution in [3.63, 3.8) is 0 Å². The molecule has 0 radical (unpaired) electrons. The number of carbonyl (C=O) groups excluding carboxylic acids is 2. The van der Waals surface area contributed by atoms with Crippen molar-refractivity contribution in [3.05, 3.63) is 28.2 Å². The molecule has 0 saturated carbocycles. The average Bonchev–Trinajstić information content (AvgIpc) is 2.54. The molecule has 7 heteroatoms. The highest BCUT2D eigenvalue weighted by Crippen LogP contribution is 2.25. The van der Waals surface area contributed by atoms with Gasteiger partial charge in [0.05, 0.1) is 30.3 Å². The van der Waals surface area contributed by atoms with Crippen LogP contribution >= 0.6 is 23.2 Å². The largest absolute Gasteiger partial charge is 0.381 e. The summed E-state index contributed by atoms with van der Waals surface area (Å²) in [5.41, 5.74) is 0.434. The van der Waals surface area contributed by atoms with Crippen LogP contribution in [0.4, 0.5) is 5.69 Å². The molecule has 0 saturated heterocycles. The fourth-order valence-electron chi connectivity index (χ4n) is 2.15. The molecule has 1 aromatic carbocycles. The summed E-state index contributed by atoms with van der Waals surface area (Å²) < 4.78 is 5.44. The van der Waals surface area contributed by atoms with E-state index in [2.05, 4.69) is 19.2 Å². The van der Waals surface area contributed by atoms with Gasteiger partial charge in [-0.2, -0.15) is 0 Å². The third-order valence-corrected chi connectivity index (χ3v) is 3.86. The molecule has 1 aromatic rings. The van der Waals surface area contributed by atoms with Crippen LogP contribution in [0.25, 0.3) is 0 Å². The van der Waals surface area contributed by atoms with Crippen LogP contribution in [0.5, 0.6) is 0 Å². The smallest absolute Gasteiger partial charge is 0.244 e. The van der Waals surface area contributed by atoms with Gasteiger partial charge in [0.2, 0.25) is 11.8 Å². The molecular formula is C18H26Cl2N2O3. The molecule has 2 amide bonds. The summed E-state index contributed by atoms with van der Waals surface area (Å²) in [5, 5.41) is 3.57. The summed E-state index contributed by atoms with van der Waals surface area (Å²) in [7, 11) is 0. The molecular weight excluding hydrogens is 363 g/mol. The predicted octanol–water partition coefficient (Wildman–Crippen LogP) is 4.23. The normalized spacial score (nSPS) is 10.8. The number of amides is 2. The molecule has 1 rings (SSSR count). The Morgan fingerprint density at radius 3 is 2.64 bits per heavy atom. The SMILES string of the molecule is CCCN(CC(=O)Nc1cc(Cl)ccc1Cl)C(=O)CCOCC(C)C. The standard InChI is InChI=1S/C18H26Cl2N2O3/c1-4-8-22(18(24)7-9-25-12-13(2)3)11-17(23)21-16-10-14(19)5-6-15(16)20/h5-6,10,13H,4,7-9,11-12H2,1-3H3,(H,21,23). The van der Waals surface area contributed by atoms with Crippen LogP contribution in [0.3, 0.4) is 0 Å². The molecule has 0 unspecified atom stereocenters. The Balaban J connectivity index is 2.56. The molecule has 0 aromatic heterocycles. The van der Waals surface area contributed by atoms with Gasteiger partial charge in [0, 0.05) is 18.2 Å². The Kier molecular flexibility index (Phi) is 9.86. The number of ether oxygens (including phenoxy) is 1. The van der Waals surface area contributed by atoms with Crippen LogP contribution in [0.15, 0.2) is 18.2 Å². The van der Waals surface area contributed by atoms with Crippen LogP contribution in [-0.4, -0.2) is 43.0 Å². The second-order valence-electron chi connectivity index (χ2n) is 6.21. The summed E-state index contributed by atoms with van der Waals surface area (Å²) in [4.78, 5) is 26.1. The van der Waals surface area contributed by atoms with E-state index >= 15 is 0 Å². The van der Waals surface area contributed by atoms with E-state index in [1.807, 2.05) is 6.92 Å². The molecule has 0 aliphatic rings. The van der Waals surface area contributed by atoms with E-state index in [0.29, 0.717) is 41.4 Å². The second kappa shape index (κ2) is 11.3. The number of nitrogens with zero attached hydrogens (tertiary/aromatic N) is 1. The van der Waals surface area contributed by atoms with Gasteiger partial charge in [-0.15, -0.1) is 0 Å². The molecule has 0 aliphatic carbocycles. The number of anilines is 1. The molecule has 25 heavy (non-hydrogen) atoms. The van der Waals surface area contributed by atoms with Gasteiger partial charge in [-0.1, -0.05) is 44.0 Å². The minimum absolute atomic E-state index is 0.0281. The number of benzene rings is 1. The highest BCUT2D eigenvalue weighted by atomic mass is 35.5. The Morgan fingerprint density at radius 2 is 2.00 bits per heavy atom. The van der Waals surface area contributed by atoms with E-state index in [1.165, 1.54) is 4.90 Å². The first kappa shape index (κ1) is 21.7. The van der Waals surface area contributed by atoms with Crippen molar-refractivity contribution in [2.45, 2.75) is 33.6 Å². The summed E-state index contributed by atoms with van der Waals surface area (Å²) in [6.45, 7) is 7.53. The maximum absolute atomic E-state index is 12.3. The number of rotatable bonds is 10. The summed E-state index contributed by atoms with van der Waals surface area (Å²) in [6, 6.07) is 4.83. The molecule has 0 atom stereocenters. The minimum Gasteiger partial charge on any atom is -0.381 e. The number of hydrogen-bond donors (Lipinski definition) is 1. The van der Waals surface area contributed by atoms with Crippen molar-refractivity contribution in [2.75, 3.05) is 31.6 Å². The third-order valence-electron chi connectivity index (χ3n) is 3.29. The minimum atomic E-state index is -0.311. The van der Waals surface area contributed by atoms with Crippen molar-refractivity contribution in [1.82, 2.24) is 4.90 Å². The Labute approximate surface area is 159 Å². The van der Waals surface area contributed by atoms with Gasteiger partial charge in [-0.25, -0.2) is 0 Å². The van der Waals surface area contributed by atoms with Gasteiger partial charge in [0.15, 0.2) is 0 Å². The van der Waals surface area contributed by atoms with E-state index in [0.717, 1.165) is 6.42 Å². The summed E-state index contributed by atoms with van der Waals surface area (Å²) in [5.74, 6) is 0.0158. The number of hydrogen-bond acceptors (Lipinski definition) is 3. The highest BCUT2D eigenvalue weighted by molar-refractivity contribution is 6.35. The number of halogens is 2. The molecule has 0 bridgehead atoms. The van der Waals surface area contributed by atoms with Crippen LogP contribution < -0.4 is 5.32 Å². The van der Waals surface area contributed by atoms with Crippen LogP contribution in [-0.2, 0) is 14.3 Å². The van der Waals surface area contributed by atoms with E-state index < -0.39 is 0 Å². The lowest BCUT2D eigenvalue weighted by Gasteiger charge is -2.22. The first-order valence-electron chi connectivity index (χ1n) is 8.43. The van der Waals surface area contributed by atoms with E-state index in [-0.39, 0.29) is 24.8 Å². The van der Waals surface area contributed by atoms with Gasteiger partial charge in [0.25, 0.3) is 0 Å². The van der Waals surface area contributed by atoms with Crippen molar-refractivity contribution in [2.24, 2.45) is 5.92 Å². The maximum atomic E-state index is 12.3. The Hall–Kier alpha value is -1.30. The average molecular weight is 389 g/mol. The lowest BCUT2D eigenvalue weighted by atomic mass is 10.2. The van der Waals surface area contributed by atoms with Crippen molar-refractivity contribution in [1.29, 1.82) is 0 Å². The Morgan fingerprint density at radius 1 is 1.28 bits per heavy atom. The third kappa shape index (κ3) is 8.56. The topological polar surface area (TPSA) is 58.6 Å². The van der Waals surface area contributed by atoms with E-state index in [1.54, 1.807) is 18.2 Å². The number of nitrogens with one attached hydrogen (secondary N) is 1. The quantitative estimate of drug-likeness (QED) is 0.609. The van der Waals surface area contributed by atoms with Crippen LogP contribution in [0.1, 0.15) is 33.6 Å². The predicted molar refractivity (Wildman–Crippen MR) is 102 cm³/mol. The lowest BCUT2D eigenvalue weighted by molar-refractivity contribution is -0.135. The lowest BCUT2D eigenvalue weighted by Crippen LogP contribution is -2.39. The van der Waals surface area contributed by atoms with E-state index in [9.17, 15) is 9.59 Å². The van der Waals surface area contributed by atoms with Crippen molar-refractivity contribution in [3.8, 4) is 0 Å². The molecule has 5 nitrogen and oxygen atoms in total. The van der Waals surface area contributed by atoms with E-state index in [4.69, 9.17) is 27.9 Å². The summed E-state index contributed by atoms with van der Waals surface area (Å²) in [6.07, 6.45) is 1.03. The molecule has 0 aliphatic heterocycles. The Bertz CT molecular complexity index is 579. The first-order valence-corrected chi connectivity index (χ1v) is 9.19.